The number of hydrogen-bond acceptors (Lipinski definition) is 1. The molecule has 0 saturated carbocycles. The third-order valence-electron chi connectivity index (χ3n) is 2.99. The minimum atomic E-state index is -0.312. The fourth-order valence-electron chi connectivity index (χ4n) is 1.86. The number of nitrogens with one attached hydrogen (secondary N) is 1. The third kappa shape index (κ3) is 3.78. The first-order valence-corrected chi connectivity index (χ1v) is 7.17. The average molecular weight is 343 g/mol. The summed E-state index contributed by atoms with van der Waals surface area (Å²) in [6.45, 7) is 2.68. The summed E-state index contributed by atoms with van der Waals surface area (Å²) in [5.41, 5.74) is 2.07. The number of benzene rings is 2. The second-order valence-corrected chi connectivity index (χ2v) is 5.62. The van der Waals surface area contributed by atoms with Crippen LogP contribution in [0.1, 0.15) is 24.1 Å². The highest BCUT2D eigenvalue weighted by atomic mass is 79.9. The third-order valence-corrected chi connectivity index (χ3v) is 4.06. The normalized spacial score (nSPS) is 12.4. The molecule has 1 N–H and O–H groups in total. The van der Waals surface area contributed by atoms with Crippen LogP contribution in [0.15, 0.2) is 46.9 Å². The van der Waals surface area contributed by atoms with Gasteiger partial charge in [0, 0.05) is 22.1 Å². The fraction of sp³-hybridized carbons (Fsp3) is 0.200. The van der Waals surface area contributed by atoms with Crippen LogP contribution < -0.4 is 5.32 Å². The molecule has 0 spiro atoms. The van der Waals surface area contributed by atoms with E-state index < -0.39 is 0 Å². The van der Waals surface area contributed by atoms with Gasteiger partial charge in [0.2, 0.25) is 0 Å². The Morgan fingerprint density at radius 3 is 2.68 bits per heavy atom. The Kier molecular flexibility index (Phi) is 4.97. The van der Waals surface area contributed by atoms with Gasteiger partial charge in [0.1, 0.15) is 5.82 Å². The summed E-state index contributed by atoms with van der Waals surface area (Å²) in [7, 11) is 0. The van der Waals surface area contributed by atoms with Crippen molar-refractivity contribution in [2.45, 2.75) is 19.5 Å². The van der Waals surface area contributed by atoms with E-state index in [-0.39, 0.29) is 11.9 Å². The van der Waals surface area contributed by atoms with Crippen molar-refractivity contribution in [3.63, 3.8) is 0 Å². The van der Waals surface area contributed by atoms with Crippen molar-refractivity contribution < 1.29 is 4.39 Å². The van der Waals surface area contributed by atoms with Crippen molar-refractivity contribution >= 4 is 27.5 Å². The van der Waals surface area contributed by atoms with Crippen molar-refractivity contribution in [2.24, 2.45) is 0 Å². The smallest absolute Gasteiger partial charge is 0.124 e. The van der Waals surface area contributed by atoms with Gasteiger partial charge in [-0.2, -0.15) is 0 Å². The summed E-state index contributed by atoms with van der Waals surface area (Å²) in [6.07, 6.45) is 0. The minimum Gasteiger partial charge on any atom is -0.306 e. The molecule has 2 aromatic carbocycles. The fourth-order valence-corrected chi connectivity index (χ4v) is 2.73. The number of hydrogen-bond donors (Lipinski definition) is 1. The van der Waals surface area contributed by atoms with E-state index >= 15 is 0 Å². The Labute approximate surface area is 125 Å². The van der Waals surface area contributed by atoms with Gasteiger partial charge in [-0.15, -0.1) is 0 Å². The van der Waals surface area contributed by atoms with Crippen LogP contribution in [0, 0.1) is 5.82 Å². The Hall–Kier alpha value is -0.900. The van der Waals surface area contributed by atoms with Crippen LogP contribution in [0.2, 0.25) is 5.02 Å². The molecular formula is C15H14BrClFN. The zero-order valence-corrected chi connectivity index (χ0v) is 12.8. The van der Waals surface area contributed by atoms with E-state index in [1.165, 1.54) is 17.7 Å². The van der Waals surface area contributed by atoms with E-state index in [0.29, 0.717) is 11.6 Å². The molecule has 1 atom stereocenters. The lowest BCUT2D eigenvalue weighted by Gasteiger charge is -2.16. The molecule has 0 aliphatic heterocycles. The summed E-state index contributed by atoms with van der Waals surface area (Å²) < 4.78 is 14.0. The maximum atomic E-state index is 13.0. The van der Waals surface area contributed by atoms with Gasteiger partial charge in [-0.3, -0.25) is 0 Å². The highest BCUT2D eigenvalue weighted by Crippen LogP contribution is 2.24. The molecule has 1 unspecified atom stereocenters. The van der Waals surface area contributed by atoms with Crippen LogP contribution >= 0.6 is 27.5 Å². The van der Waals surface area contributed by atoms with Gasteiger partial charge in [-0.1, -0.05) is 51.8 Å². The van der Waals surface area contributed by atoms with E-state index in [9.17, 15) is 4.39 Å². The summed E-state index contributed by atoms with van der Waals surface area (Å²) in [5, 5.41) is 3.83. The quantitative estimate of drug-likeness (QED) is 0.816. The predicted octanol–water partition coefficient (Wildman–Crippen LogP) is 5.09. The Morgan fingerprint density at radius 1 is 1.26 bits per heavy atom. The van der Waals surface area contributed by atoms with E-state index in [4.69, 9.17) is 11.6 Å². The van der Waals surface area contributed by atoms with Gasteiger partial charge in [-0.05, 0) is 36.2 Å². The Bertz CT molecular complexity index is 574. The molecule has 0 saturated heterocycles. The molecule has 0 bridgehead atoms. The number of rotatable bonds is 4. The molecule has 2 aromatic rings. The first-order valence-electron chi connectivity index (χ1n) is 5.99. The maximum absolute atomic E-state index is 13.0. The molecule has 0 amide bonds. The van der Waals surface area contributed by atoms with Gasteiger partial charge in [0.15, 0.2) is 0 Å². The first-order chi connectivity index (χ1) is 9.08. The molecule has 1 nitrogen and oxygen atoms in total. The summed E-state index contributed by atoms with van der Waals surface area (Å²) in [4.78, 5) is 0. The lowest BCUT2D eigenvalue weighted by atomic mass is 10.1. The second-order valence-electron chi connectivity index (χ2n) is 4.36. The first kappa shape index (κ1) is 14.5. The van der Waals surface area contributed by atoms with Crippen LogP contribution in [0.25, 0.3) is 0 Å². The summed E-state index contributed by atoms with van der Waals surface area (Å²) in [5.74, 6) is -0.312. The largest absolute Gasteiger partial charge is 0.306 e. The average Bonchev–Trinajstić information content (AvgIpc) is 2.38. The van der Waals surface area contributed by atoms with Gasteiger partial charge in [-0.25, -0.2) is 4.39 Å². The standard InChI is InChI=1S/C15H14BrClFN/c1-10(13-4-2-3-5-14(13)16)19-9-11-6-7-12(18)8-15(11)17/h2-8,10,19H,9H2,1H3. The molecular weight excluding hydrogens is 329 g/mol. The Balaban J connectivity index is 2.04. The molecule has 0 fully saturated rings. The van der Waals surface area contributed by atoms with Crippen molar-refractivity contribution in [3.05, 3.63) is 68.9 Å². The van der Waals surface area contributed by atoms with Crippen LogP contribution in [-0.2, 0) is 6.54 Å². The van der Waals surface area contributed by atoms with Crippen LogP contribution in [0.4, 0.5) is 4.39 Å². The molecule has 0 radical (unpaired) electrons. The minimum absolute atomic E-state index is 0.177. The van der Waals surface area contributed by atoms with E-state index in [1.807, 2.05) is 18.2 Å². The van der Waals surface area contributed by atoms with Crippen LogP contribution in [0.3, 0.4) is 0 Å². The van der Waals surface area contributed by atoms with Gasteiger partial charge < -0.3 is 5.32 Å². The predicted molar refractivity (Wildman–Crippen MR) is 80.8 cm³/mol. The molecule has 0 aliphatic carbocycles. The van der Waals surface area contributed by atoms with E-state index in [1.54, 1.807) is 6.07 Å². The second kappa shape index (κ2) is 6.51. The molecule has 0 heterocycles. The highest BCUT2D eigenvalue weighted by Gasteiger charge is 2.09. The molecule has 0 aromatic heterocycles. The molecule has 0 aliphatic rings. The van der Waals surface area contributed by atoms with Crippen LogP contribution in [-0.4, -0.2) is 0 Å². The lowest BCUT2D eigenvalue weighted by molar-refractivity contribution is 0.571. The van der Waals surface area contributed by atoms with E-state index in [0.717, 1.165) is 10.0 Å². The molecule has 19 heavy (non-hydrogen) atoms. The topological polar surface area (TPSA) is 12.0 Å². The molecule has 100 valence electrons. The summed E-state index contributed by atoms with van der Waals surface area (Å²) >= 11 is 9.53. The molecule has 2 rings (SSSR count). The zero-order valence-electron chi connectivity index (χ0n) is 10.5. The van der Waals surface area contributed by atoms with Gasteiger partial charge >= 0.3 is 0 Å². The van der Waals surface area contributed by atoms with Crippen LogP contribution in [0.5, 0.6) is 0 Å². The highest BCUT2D eigenvalue weighted by molar-refractivity contribution is 9.10. The zero-order chi connectivity index (χ0) is 13.8. The monoisotopic (exact) mass is 341 g/mol. The van der Waals surface area contributed by atoms with Crippen molar-refractivity contribution in [1.82, 2.24) is 5.32 Å². The maximum Gasteiger partial charge on any atom is 0.124 e. The van der Waals surface area contributed by atoms with Crippen molar-refractivity contribution in [2.75, 3.05) is 0 Å². The Morgan fingerprint density at radius 2 is 2.00 bits per heavy atom. The van der Waals surface area contributed by atoms with Crippen molar-refractivity contribution in [3.8, 4) is 0 Å². The van der Waals surface area contributed by atoms with Gasteiger partial charge in [0.25, 0.3) is 0 Å². The van der Waals surface area contributed by atoms with Crippen molar-refractivity contribution in [1.29, 1.82) is 0 Å². The summed E-state index contributed by atoms with van der Waals surface area (Å²) in [6, 6.07) is 12.7. The SMILES string of the molecule is CC(NCc1ccc(F)cc1Cl)c1ccccc1Br. The van der Waals surface area contributed by atoms with E-state index in [2.05, 4.69) is 34.2 Å². The van der Waals surface area contributed by atoms with Gasteiger partial charge in [0.05, 0.1) is 0 Å². The lowest BCUT2D eigenvalue weighted by Crippen LogP contribution is -2.18. The number of halogens is 3. The molecule has 4 heteroatoms.